The number of hydrogen-bond acceptors (Lipinski definition) is 2. The molecular formula is C13H18BrClN2. The van der Waals surface area contributed by atoms with E-state index < -0.39 is 0 Å². The topological polar surface area (TPSA) is 15.3 Å². The SMILES string of the molecule is CCC1CN(c2ccc(Br)cc2Cl)C(C)CN1. The highest BCUT2D eigenvalue weighted by molar-refractivity contribution is 9.10. The quantitative estimate of drug-likeness (QED) is 0.895. The van der Waals surface area contributed by atoms with Crippen molar-refractivity contribution < 1.29 is 0 Å². The van der Waals surface area contributed by atoms with E-state index in [2.05, 4.69) is 52.1 Å². The molecule has 4 heteroatoms. The van der Waals surface area contributed by atoms with Crippen LogP contribution in [0.25, 0.3) is 0 Å². The van der Waals surface area contributed by atoms with Crippen LogP contribution >= 0.6 is 27.5 Å². The van der Waals surface area contributed by atoms with E-state index in [1.54, 1.807) is 0 Å². The van der Waals surface area contributed by atoms with Gasteiger partial charge in [0.25, 0.3) is 0 Å². The van der Waals surface area contributed by atoms with Crippen molar-refractivity contribution in [2.45, 2.75) is 32.4 Å². The zero-order valence-electron chi connectivity index (χ0n) is 10.2. The molecule has 2 rings (SSSR count). The zero-order valence-corrected chi connectivity index (χ0v) is 12.6. The Bertz CT molecular complexity index is 397. The molecule has 0 aromatic heterocycles. The van der Waals surface area contributed by atoms with Gasteiger partial charge in [-0.05, 0) is 31.5 Å². The van der Waals surface area contributed by atoms with Gasteiger partial charge in [0.15, 0.2) is 0 Å². The van der Waals surface area contributed by atoms with Crippen LogP contribution in [0, 0.1) is 0 Å². The molecule has 0 aliphatic carbocycles. The van der Waals surface area contributed by atoms with Gasteiger partial charge in [-0.25, -0.2) is 0 Å². The molecule has 1 N–H and O–H groups in total. The van der Waals surface area contributed by atoms with Gasteiger partial charge in [0.05, 0.1) is 10.7 Å². The zero-order chi connectivity index (χ0) is 12.4. The van der Waals surface area contributed by atoms with Crippen molar-refractivity contribution in [2.24, 2.45) is 0 Å². The first-order valence-corrected chi connectivity index (χ1v) is 7.24. The molecule has 2 unspecified atom stereocenters. The molecule has 1 aromatic rings. The molecule has 1 aliphatic rings. The Morgan fingerprint density at radius 1 is 1.53 bits per heavy atom. The summed E-state index contributed by atoms with van der Waals surface area (Å²) in [6.45, 7) is 6.50. The molecule has 0 radical (unpaired) electrons. The largest absolute Gasteiger partial charge is 0.365 e. The fourth-order valence-electron chi connectivity index (χ4n) is 2.25. The number of halogens is 2. The molecular weight excluding hydrogens is 300 g/mol. The molecule has 1 aliphatic heterocycles. The molecule has 2 nitrogen and oxygen atoms in total. The van der Waals surface area contributed by atoms with Crippen LogP contribution in [-0.2, 0) is 0 Å². The highest BCUT2D eigenvalue weighted by atomic mass is 79.9. The maximum Gasteiger partial charge on any atom is 0.0650 e. The molecule has 1 saturated heterocycles. The van der Waals surface area contributed by atoms with E-state index >= 15 is 0 Å². The summed E-state index contributed by atoms with van der Waals surface area (Å²) in [5, 5.41) is 4.38. The van der Waals surface area contributed by atoms with E-state index in [4.69, 9.17) is 11.6 Å². The molecule has 0 bridgehead atoms. The minimum atomic E-state index is 0.483. The van der Waals surface area contributed by atoms with Gasteiger partial charge in [-0.15, -0.1) is 0 Å². The summed E-state index contributed by atoms with van der Waals surface area (Å²) in [7, 11) is 0. The van der Waals surface area contributed by atoms with Crippen LogP contribution in [0.4, 0.5) is 5.69 Å². The number of rotatable bonds is 2. The smallest absolute Gasteiger partial charge is 0.0650 e. The van der Waals surface area contributed by atoms with Gasteiger partial charge in [-0.3, -0.25) is 0 Å². The summed E-state index contributed by atoms with van der Waals surface area (Å²) < 4.78 is 1.03. The van der Waals surface area contributed by atoms with Crippen molar-refractivity contribution in [3.8, 4) is 0 Å². The third-order valence-corrected chi connectivity index (χ3v) is 4.16. The number of nitrogens with one attached hydrogen (secondary N) is 1. The lowest BCUT2D eigenvalue weighted by molar-refractivity contribution is 0.397. The third kappa shape index (κ3) is 2.95. The summed E-state index contributed by atoms with van der Waals surface area (Å²) in [6, 6.07) is 7.16. The van der Waals surface area contributed by atoms with Crippen LogP contribution in [0.1, 0.15) is 20.3 Å². The molecule has 0 spiro atoms. The number of piperazine rings is 1. The molecule has 17 heavy (non-hydrogen) atoms. The first-order chi connectivity index (χ1) is 8.11. The third-order valence-electron chi connectivity index (χ3n) is 3.36. The fourth-order valence-corrected chi connectivity index (χ4v) is 3.03. The Hall–Kier alpha value is -0.250. The molecule has 0 saturated carbocycles. The van der Waals surface area contributed by atoms with Crippen LogP contribution in [-0.4, -0.2) is 25.2 Å². The van der Waals surface area contributed by atoms with Gasteiger partial charge in [0.1, 0.15) is 0 Å². The van der Waals surface area contributed by atoms with Crippen molar-refractivity contribution >= 4 is 33.2 Å². The van der Waals surface area contributed by atoms with Crippen molar-refractivity contribution in [3.05, 3.63) is 27.7 Å². The van der Waals surface area contributed by atoms with Crippen LogP contribution in [0.2, 0.25) is 5.02 Å². The van der Waals surface area contributed by atoms with E-state index in [-0.39, 0.29) is 0 Å². The average Bonchev–Trinajstić information content (AvgIpc) is 2.30. The first kappa shape index (κ1) is 13.2. The highest BCUT2D eigenvalue weighted by Crippen LogP contribution is 2.31. The standard InChI is InChI=1S/C13H18BrClN2/c1-3-11-8-17(9(2)7-16-11)13-5-4-10(14)6-12(13)15/h4-6,9,11,16H,3,7-8H2,1-2H3. The number of hydrogen-bond donors (Lipinski definition) is 1. The Labute approximate surface area is 116 Å². The van der Waals surface area contributed by atoms with Gasteiger partial charge in [-0.1, -0.05) is 34.5 Å². The number of benzene rings is 1. The molecule has 94 valence electrons. The van der Waals surface area contributed by atoms with Crippen molar-refractivity contribution in [2.75, 3.05) is 18.0 Å². The summed E-state index contributed by atoms with van der Waals surface area (Å²) >= 11 is 9.77. The average molecular weight is 318 g/mol. The molecule has 1 fully saturated rings. The van der Waals surface area contributed by atoms with Crippen LogP contribution < -0.4 is 10.2 Å². The van der Waals surface area contributed by atoms with E-state index in [9.17, 15) is 0 Å². The van der Waals surface area contributed by atoms with Crippen LogP contribution in [0.3, 0.4) is 0 Å². The Kier molecular flexibility index (Phi) is 4.34. The minimum absolute atomic E-state index is 0.483. The van der Waals surface area contributed by atoms with Crippen molar-refractivity contribution in [1.29, 1.82) is 0 Å². The fraction of sp³-hybridized carbons (Fsp3) is 0.538. The van der Waals surface area contributed by atoms with E-state index in [1.165, 1.54) is 0 Å². The lowest BCUT2D eigenvalue weighted by Gasteiger charge is -2.40. The predicted molar refractivity (Wildman–Crippen MR) is 78.0 cm³/mol. The molecule has 2 atom stereocenters. The van der Waals surface area contributed by atoms with Gasteiger partial charge >= 0.3 is 0 Å². The molecule has 1 heterocycles. The van der Waals surface area contributed by atoms with E-state index in [0.29, 0.717) is 12.1 Å². The second-order valence-electron chi connectivity index (χ2n) is 4.61. The Balaban J connectivity index is 2.24. The maximum absolute atomic E-state index is 6.33. The second-order valence-corrected chi connectivity index (χ2v) is 5.93. The van der Waals surface area contributed by atoms with Crippen molar-refractivity contribution in [3.63, 3.8) is 0 Å². The van der Waals surface area contributed by atoms with E-state index in [1.807, 2.05) is 6.07 Å². The first-order valence-electron chi connectivity index (χ1n) is 6.07. The van der Waals surface area contributed by atoms with Gasteiger partial charge in [-0.2, -0.15) is 0 Å². The normalized spacial score (nSPS) is 25.1. The lowest BCUT2D eigenvalue weighted by Crippen LogP contribution is -2.55. The second kappa shape index (κ2) is 5.59. The van der Waals surface area contributed by atoms with Gasteiger partial charge in [0, 0.05) is 29.6 Å². The maximum atomic E-state index is 6.33. The summed E-state index contributed by atoms with van der Waals surface area (Å²) in [6.07, 6.45) is 1.15. The van der Waals surface area contributed by atoms with Gasteiger partial charge < -0.3 is 10.2 Å². The lowest BCUT2D eigenvalue weighted by atomic mass is 10.1. The Morgan fingerprint density at radius 2 is 2.29 bits per heavy atom. The van der Waals surface area contributed by atoms with E-state index in [0.717, 1.165) is 34.7 Å². The summed E-state index contributed by atoms with van der Waals surface area (Å²) in [5.41, 5.74) is 1.14. The predicted octanol–water partition coefficient (Wildman–Crippen LogP) is 3.68. The van der Waals surface area contributed by atoms with Crippen molar-refractivity contribution in [1.82, 2.24) is 5.32 Å². The number of anilines is 1. The molecule has 0 amide bonds. The monoisotopic (exact) mass is 316 g/mol. The summed E-state index contributed by atoms with van der Waals surface area (Å²) in [4.78, 5) is 2.40. The van der Waals surface area contributed by atoms with Crippen LogP contribution in [0.15, 0.2) is 22.7 Å². The number of nitrogens with zero attached hydrogens (tertiary/aromatic N) is 1. The Morgan fingerprint density at radius 3 is 2.94 bits per heavy atom. The summed E-state index contributed by atoms with van der Waals surface area (Å²) in [5.74, 6) is 0. The van der Waals surface area contributed by atoms with Crippen LogP contribution in [0.5, 0.6) is 0 Å². The molecule has 1 aromatic carbocycles. The minimum Gasteiger partial charge on any atom is -0.365 e. The van der Waals surface area contributed by atoms with Gasteiger partial charge in [0.2, 0.25) is 0 Å². The highest BCUT2D eigenvalue weighted by Gasteiger charge is 2.25.